The number of piperidine rings is 1. The number of nitrogens with two attached hydrogens (primary N) is 2. The Kier molecular flexibility index (Phi) is 3.59. The summed E-state index contributed by atoms with van der Waals surface area (Å²) < 4.78 is 0. The van der Waals surface area contributed by atoms with Crippen molar-refractivity contribution < 1.29 is 0 Å². The van der Waals surface area contributed by atoms with Crippen molar-refractivity contribution in [3.63, 3.8) is 0 Å². The maximum Gasteiger partial charge on any atom is 0.0321 e. The van der Waals surface area contributed by atoms with Crippen LogP contribution in [0, 0.1) is 0 Å². The van der Waals surface area contributed by atoms with Gasteiger partial charge in [0.1, 0.15) is 0 Å². The highest BCUT2D eigenvalue weighted by atomic mass is 15.2. The molecule has 1 heterocycles. The minimum Gasteiger partial charge on any atom is -0.326 e. The van der Waals surface area contributed by atoms with Crippen LogP contribution in [0.2, 0.25) is 0 Å². The average molecular weight is 219 g/mol. The lowest BCUT2D eigenvalue weighted by molar-refractivity contribution is 0.144. The molecule has 1 aliphatic heterocycles. The minimum atomic E-state index is 0.218. The van der Waals surface area contributed by atoms with E-state index in [4.69, 9.17) is 11.5 Å². The van der Waals surface area contributed by atoms with E-state index in [1.165, 1.54) is 5.56 Å². The Morgan fingerprint density at radius 1 is 1.12 bits per heavy atom. The van der Waals surface area contributed by atoms with Crippen molar-refractivity contribution in [2.45, 2.75) is 31.5 Å². The lowest BCUT2D eigenvalue weighted by Crippen LogP contribution is -2.52. The van der Waals surface area contributed by atoms with Crippen molar-refractivity contribution in [3.8, 4) is 0 Å². The third kappa shape index (κ3) is 2.61. The van der Waals surface area contributed by atoms with E-state index in [1.54, 1.807) is 0 Å². The summed E-state index contributed by atoms with van der Waals surface area (Å²) in [5, 5.41) is 0. The van der Waals surface area contributed by atoms with Gasteiger partial charge in [0.15, 0.2) is 0 Å². The molecule has 1 fully saturated rings. The quantitative estimate of drug-likeness (QED) is 0.783. The zero-order chi connectivity index (χ0) is 11.5. The van der Waals surface area contributed by atoms with Crippen molar-refractivity contribution in [2.24, 2.45) is 11.5 Å². The zero-order valence-corrected chi connectivity index (χ0v) is 9.84. The summed E-state index contributed by atoms with van der Waals surface area (Å²) in [5.74, 6) is 0. The van der Waals surface area contributed by atoms with E-state index in [2.05, 4.69) is 36.1 Å². The largest absolute Gasteiger partial charge is 0.326 e. The second-order valence-corrected chi connectivity index (χ2v) is 4.80. The fourth-order valence-electron chi connectivity index (χ4n) is 2.47. The van der Waals surface area contributed by atoms with Gasteiger partial charge in [-0.3, -0.25) is 4.90 Å². The monoisotopic (exact) mass is 219 g/mol. The number of benzene rings is 1. The number of rotatable bonds is 2. The first kappa shape index (κ1) is 11.6. The molecular weight excluding hydrogens is 198 g/mol. The van der Waals surface area contributed by atoms with E-state index in [9.17, 15) is 0 Å². The van der Waals surface area contributed by atoms with E-state index in [0.29, 0.717) is 6.04 Å². The van der Waals surface area contributed by atoms with Crippen LogP contribution in [-0.2, 0) is 0 Å². The maximum atomic E-state index is 6.01. The van der Waals surface area contributed by atoms with E-state index in [-0.39, 0.29) is 12.1 Å². The maximum absolute atomic E-state index is 6.01. The van der Waals surface area contributed by atoms with Crippen LogP contribution in [0.15, 0.2) is 30.3 Å². The summed E-state index contributed by atoms with van der Waals surface area (Å²) >= 11 is 0. The highest BCUT2D eigenvalue weighted by molar-refractivity contribution is 5.18. The van der Waals surface area contributed by atoms with Crippen LogP contribution in [0.1, 0.15) is 24.9 Å². The van der Waals surface area contributed by atoms with Crippen LogP contribution in [-0.4, -0.2) is 30.1 Å². The lowest BCUT2D eigenvalue weighted by Gasteiger charge is -2.38. The predicted molar refractivity (Wildman–Crippen MR) is 67.0 cm³/mol. The van der Waals surface area contributed by atoms with E-state index < -0.39 is 0 Å². The Balaban J connectivity index is 2.07. The molecule has 0 aliphatic carbocycles. The Labute approximate surface area is 97.4 Å². The SMILES string of the molecule is CC(c1ccccc1)N1CC(N)CC(N)C1. The summed E-state index contributed by atoms with van der Waals surface area (Å²) in [6.45, 7) is 4.12. The van der Waals surface area contributed by atoms with Crippen molar-refractivity contribution in [1.82, 2.24) is 4.90 Å². The lowest BCUT2D eigenvalue weighted by atomic mass is 9.98. The first-order chi connectivity index (χ1) is 7.66. The van der Waals surface area contributed by atoms with Gasteiger partial charge in [0.25, 0.3) is 0 Å². The standard InChI is InChI=1S/C13H21N3/c1-10(11-5-3-2-4-6-11)16-8-12(14)7-13(15)9-16/h2-6,10,12-13H,7-9,14-15H2,1H3. The third-order valence-corrected chi connectivity index (χ3v) is 3.37. The van der Waals surface area contributed by atoms with E-state index in [0.717, 1.165) is 19.5 Å². The first-order valence-corrected chi connectivity index (χ1v) is 5.97. The van der Waals surface area contributed by atoms with Crippen molar-refractivity contribution in [1.29, 1.82) is 0 Å². The molecule has 0 saturated carbocycles. The molecular formula is C13H21N3. The van der Waals surface area contributed by atoms with Crippen LogP contribution in [0.25, 0.3) is 0 Å². The van der Waals surface area contributed by atoms with Crippen molar-refractivity contribution >= 4 is 0 Å². The summed E-state index contributed by atoms with van der Waals surface area (Å²) in [4.78, 5) is 2.38. The summed E-state index contributed by atoms with van der Waals surface area (Å²) in [6, 6.07) is 11.4. The van der Waals surface area contributed by atoms with Crippen LogP contribution in [0.5, 0.6) is 0 Å². The molecule has 3 heteroatoms. The van der Waals surface area contributed by atoms with Gasteiger partial charge in [0.05, 0.1) is 0 Å². The normalized spacial score (nSPS) is 28.9. The molecule has 1 aromatic carbocycles. The van der Waals surface area contributed by atoms with Gasteiger partial charge in [0.2, 0.25) is 0 Å². The second kappa shape index (κ2) is 4.95. The molecule has 3 unspecified atom stereocenters. The molecule has 0 aromatic heterocycles. The number of hydrogen-bond donors (Lipinski definition) is 2. The van der Waals surface area contributed by atoms with Gasteiger partial charge >= 0.3 is 0 Å². The number of hydrogen-bond acceptors (Lipinski definition) is 3. The second-order valence-electron chi connectivity index (χ2n) is 4.80. The Bertz CT molecular complexity index is 315. The molecule has 2 rings (SSSR count). The fourth-order valence-corrected chi connectivity index (χ4v) is 2.47. The number of nitrogens with zero attached hydrogens (tertiary/aromatic N) is 1. The number of likely N-dealkylation sites (tertiary alicyclic amines) is 1. The molecule has 16 heavy (non-hydrogen) atoms. The molecule has 1 aliphatic rings. The summed E-state index contributed by atoms with van der Waals surface area (Å²) in [5.41, 5.74) is 13.4. The molecule has 3 atom stereocenters. The summed E-state index contributed by atoms with van der Waals surface area (Å²) in [7, 11) is 0. The molecule has 4 N–H and O–H groups in total. The zero-order valence-electron chi connectivity index (χ0n) is 9.84. The third-order valence-electron chi connectivity index (χ3n) is 3.37. The van der Waals surface area contributed by atoms with Crippen LogP contribution in [0.3, 0.4) is 0 Å². The van der Waals surface area contributed by atoms with Crippen LogP contribution < -0.4 is 11.5 Å². The molecule has 0 bridgehead atoms. The molecule has 0 amide bonds. The molecule has 3 nitrogen and oxygen atoms in total. The van der Waals surface area contributed by atoms with Gasteiger partial charge in [-0.2, -0.15) is 0 Å². The van der Waals surface area contributed by atoms with Gasteiger partial charge in [-0.15, -0.1) is 0 Å². The van der Waals surface area contributed by atoms with Gasteiger partial charge in [-0.05, 0) is 18.9 Å². The topological polar surface area (TPSA) is 55.3 Å². The van der Waals surface area contributed by atoms with Crippen molar-refractivity contribution in [3.05, 3.63) is 35.9 Å². The Morgan fingerprint density at radius 2 is 1.69 bits per heavy atom. The van der Waals surface area contributed by atoms with Gasteiger partial charge < -0.3 is 11.5 Å². The average Bonchev–Trinajstić information content (AvgIpc) is 2.28. The van der Waals surface area contributed by atoms with Crippen molar-refractivity contribution in [2.75, 3.05) is 13.1 Å². The minimum absolute atomic E-state index is 0.218. The highest BCUT2D eigenvalue weighted by Gasteiger charge is 2.26. The van der Waals surface area contributed by atoms with E-state index in [1.807, 2.05) is 6.07 Å². The molecule has 1 saturated heterocycles. The van der Waals surface area contributed by atoms with Gasteiger partial charge in [0, 0.05) is 31.2 Å². The summed E-state index contributed by atoms with van der Waals surface area (Å²) in [6.07, 6.45) is 0.942. The highest BCUT2D eigenvalue weighted by Crippen LogP contribution is 2.22. The molecule has 88 valence electrons. The first-order valence-electron chi connectivity index (χ1n) is 5.97. The smallest absolute Gasteiger partial charge is 0.0321 e. The van der Waals surface area contributed by atoms with Crippen LogP contribution >= 0.6 is 0 Å². The molecule has 0 spiro atoms. The van der Waals surface area contributed by atoms with Gasteiger partial charge in [-0.25, -0.2) is 0 Å². The molecule has 0 radical (unpaired) electrons. The fraction of sp³-hybridized carbons (Fsp3) is 0.538. The van der Waals surface area contributed by atoms with Gasteiger partial charge in [-0.1, -0.05) is 30.3 Å². The van der Waals surface area contributed by atoms with Crippen LogP contribution in [0.4, 0.5) is 0 Å². The molecule has 1 aromatic rings. The predicted octanol–water partition coefficient (Wildman–Crippen LogP) is 1.11. The Hall–Kier alpha value is -0.900. The van der Waals surface area contributed by atoms with E-state index >= 15 is 0 Å². The Morgan fingerprint density at radius 3 is 2.25 bits per heavy atom.